The van der Waals surface area contributed by atoms with Gasteiger partial charge in [-0.25, -0.2) is 4.79 Å². The van der Waals surface area contributed by atoms with Crippen LogP contribution in [0.15, 0.2) is 47.6 Å². The monoisotopic (exact) mass is 942 g/mol. The third-order valence-electron chi connectivity index (χ3n) is 15.2. The van der Waals surface area contributed by atoms with Gasteiger partial charge in [0.1, 0.15) is 30.1 Å². The Morgan fingerprint density at radius 2 is 1.57 bits per heavy atom. The predicted molar refractivity (Wildman–Crippen MR) is 249 cm³/mol. The van der Waals surface area contributed by atoms with Crippen LogP contribution >= 0.6 is 0 Å². The average Bonchev–Trinajstić information content (AvgIpc) is 3.31. The molecule has 0 aromatic carbocycles. The number of nitrogens with zero attached hydrogens (tertiary/aromatic N) is 1. The van der Waals surface area contributed by atoms with E-state index in [0.29, 0.717) is 63.4 Å². The lowest BCUT2D eigenvalue weighted by Gasteiger charge is -2.50. The second kappa shape index (κ2) is 25.4. The van der Waals surface area contributed by atoms with E-state index >= 15 is 0 Å². The quantitative estimate of drug-likeness (QED) is 0.159. The number of piperidine rings is 1. The molecule has 1 unspecified atom stereocenters. The number of amides is 1. The molecule has 15 atom stereocenters. The van der Waals surface area contributed by atoms with Crippen LogP contribution in [0.2, 0.25) is 0 Å². The summed E-state index contributed by atoms with van der Waals surface area (Å²) in [6.07, 6.45) is 13.0. The Bertz CT molecular complexity index is 1830. The summed E-state index contributed by atoms with van der Waals surface area (Å²) in [4.78, 5) is 72.4. The van der Waals surface area contributed by atoms with Crippen molar-refractivity contribution in [2.24, 2.45) is 35.5 Å². The Hall–Kier alpha value is -3.41. The summed E-state index contributed by atoms with van der Waals surface area (Å²) in [5.41, 5.74) is 1.55. The number of fused-ring (bicyclic) bond motifs is 4. The molecule has 4 fully saturated rings. The number of hydrogen-bond donors (Lipinski definition) is 2. The molecule has 4 bridgehead atoms. The molecule has 67 heavy (non-hydrogen) atoms. The van der Waals surface area contributed by atoms with Crippen LogP contribution in [0.1, 0.15) is 112 Å². The molecule has 1 amide bonds. The Morgan fingerprint density at radius 3 is 2.25 bits per heavy atom. The summed E-state index contributed by atoms with van der Waals surface area (Å²) >= 11 is 0. The number of ether oxygens (including phenoxy) is 7. The lowest BCUT2D eigenvalue weighted by Crippen LogP contribution is -2.65. The van der Waals surface area contributed by atoms with Crippen molar-refractivity contribution in [3.05, 3.63) is 47.6 Å². The first-order valence-electron chi connectivity index (χ1n) is 24.5. The maximum atomic E-state index is 14.5. The summed E-state index contributed by atoms with van der Waals surface area (Å²) in [7, 11) is 6.21. The standard InChI is InChI=1S/C52H79NO14/c1-31-14-11-10-12-15-32(2)42(61-6)30-38-21-18-35(5)52(60,67-38)49(57)50(58)53-23-13-16-39-40(27-36-19-22-41(65-25-24-54)44(28-36)62-7)43(66-51(59)45(39)53)29-37(55)20-17-33(3)47(63-8)48(64-9)46(56)34(4)26-31/h10-12,14-15,17,31,34-36,38-45,47-48,54,60H,13,16,18-30H2,1-9H3/b12-10+,14-11+,32-15+,33-17+/t31-,34-,35-,36+,38+,39-,40?,41-,42+,43+,44-,45+,47-,48+,52-/m1/s1. The van der Waals surface area contributed by atoms with Gasteiger partial charge in [0, 0.05) is 72.0 Å². The van der Waals surface area contributed by atoms with Crippen molar-refractivity contribution in [1.29, 1.82) is 0 Å². The fourth-order valence-corrected chi connectivity index (χ4v) is 11.3. The zero-order chi connectivity index (χ0) is 49.0. The van der Waals surface area contributed by atoms with Crippen LogP contribution in [0.25, 0.3) is 0 Å². The molecule has 4 aliphatic heterocycles. The number of carbonyl (C=O) groups excluding carboxylic acids is 5. The fraction of sp³-hybridized carbons (Fsp3) is 0.750. The number of hydrogen-bond acceptors (Lipinski definition) is 14. The van der Waals surface area contributed by atoms with E-state index in [-0.39, 0.29) is 80.0 Å². The third kappa shape index (κ3) is 13.5. The molecule has 1 aliphatic carbocycles. The number of allylic oxidation sites excluding steroid dienone is 6. The summed E-state index contributed by atoms with van der Waals surface area (Å²) in [6, 6.07) is -1.11. The van der Waals surface area contributed by atoms with Crippen molar-refractivity contribution in [3.8, 4) is 0 Å². The van der Waals surface area contributed by atoms with Gasteiger partial charge < -0.3 is 48.3 Å². The molecular formula is C52H79NO14. The largest absolute Gasteiger partial charge is 0.460 e. The summed E-state index contributed by atoms with van der Waals surface area (Å²) in [5.74, 6) is -7.21. The van der Waals surface area contributed by atoms with Crippen LogP contribution in [0, 0.1) is 35.5 Å². The van der Waals surface area contributed by atoms with Crippen molar-refractivity contribution < 1.29 is 67.3 Å². The molecule has 15 nitrogen and oxygen atoms in total. The smallest absolute Gasteiger partial charge is 0.329 e. The number of Topliss-reactive ketones (excluding diaryl/α,β-unsaturated/α-hetero) is 3. The molecule has 2 N–H and O–H groups in total. The number of aliphatic hydroxyl groups is 2. The fourth-order valence-electron chi connectivity index (χ4n) is 11.3. The number of rotatable bonds is 9. The molecule has 1 saturated carbocycles. The van der Waals surface area contributed by atoms with E-state index in [4.69, 9.17) is 33.2 Å². The third-order valence-corrected chi connectivity index (χ3v) is 15.2. The number of esters is 1. The lowest BCUT2D eigenvalue weighted by atomic mass is 9.68. The Kier molecular flexibility index (Phi) is 20.7. The Morgan fingerprint density at radius 1 is 0.821 bits per heavy atom. The van der Waals surface area contributed by atoms with Crippen LogP contribution in [-0.2, 0) is 57.1 Å². The van der Waals surface area contributed by atoms with Gasteiger partial charge in [-0.2, -0.15) is 0 Å². The summed E-state index contributed by atoms with van der Waals surface area (Å²) in [5, 5.41) is 21.5. The van der Waals surface area contributed by atoms with Crippen LogP contribution in [0.3, 0.4) is 0 Å². The molecule has 0 aromatic rings. The molecule has 5 aliphatic rings. The Labute approximate surface area is 398 Å². The first-order valence-corrected chi connectivity index (χ1v) is 24.5. The highest BCUT2D eigenvalue weighted by molar-refractivity contribution is 6.39. The second-order valence-electron chi connectivity index (χ2n) is 19.8. The molecule has 15 heteroatoms. The molecule has 0 aromatic heterocycles. The predicted octanol–water partition coefficient (Wildman–Crippen LogP) is 5.83. The van der Waals surface area contributed by atoms with E-state index in [2.05, 4.69) is 0 Å². The molecule has 0 radical (unpaired) electrons. The van der Waals surface area contributed by atoms with Crippen molar-refractivity contribution in [2.75, 3.05) is 48.2 Å². The van der Waals surface area contributed by atoms with Gasteiger partial charge in [0.15, 0.2) is 5.78 Å². The zero-order valence-corrected chi connectivity index (χ0v) is 41.4. The minimum Gasteiger partial charge on any atom is -0.460 e. The maximum absolute atomic E-state index is 14.5. The lowest BCUT2D eigenvalue weighted by molar-refractivity contribution is -0.266. The summed E-state index contributed by atoms with van der Waals surface area (Å²) < 4.78 is 41.7. The molecule has 4 heterocycles. The normalized spacial score (nSPS) is 40.6. The average molecular weight is 942 g/mol. The molecule has 3 saturated heterocycles. The zero-order valence-electron chi connectivity index (χ0n) is 41.4. The highest BCUT2D eigenvalue weighted by Crippen LogP contribution is 2.45. The van der Waals surface area contributed by atoms with Gasteiger partial charge in [-0.15, -0.1) is 0 Å². The molecule has 5 rings (SSSR count). The van der Waals surface area contributed by atoms with Gasteiger partial charge in [-0.1, -0.05) is 57.2 Å². The SMILES string of the molecule is CO[C@H]1C[C@@H]2CC[C@@H](C)[C@@](O)(O2)C(=O)C(=O)N2CCC[C@@H]3C(C[C@@H]4CC[C@@H](OCCO)[C@H](OC)C4)[C@H](CC(=O)C/C=C(\C)[C@@H](OC)[C@@H](OC)C(=O)[C@H](C)C[C@H](C)/C=C/C=C/C=C/1C)OC(=O)[C@H]32. The first-order chi connectivity index (χ1) is 32.0. The van der Waals surface area contributed by atoms with E-state index in [1.54, 1.807) is 34.1 Å². The highest BCUT2D eigenvalue weighted by Gasteiger charge is 2.57. The molecule has 0 spiro atoms. The van der Waals surface area contributed by atoms with Crippen LogP contribution < -0.4 is 0 Å². The van der Waals surface area contributed by atoms with Crippen molar-refractivity contribution in [2.45, 2.75) is 166 Å². The number of aliphatic hydroxyl groups excluding tert-OH is 1. The van der Waals surface area contributed by atoms with Gasteiger partial charge in [0.25, 0.3) is 11.7 Å². The second-order valence-corrected chi connectivity index (χ2v) is 19.8. The first kappa shape index (κ1) is 54.5. The topological polar surface area (TPSA) is 194 Å². The Balaban J connectivity index is 1.50. The van der Waals surface area contributed by atoms with Crippen LogP contribution in [0.4, 0.5) is 0 Å². The van der Waals surface area contributed by atoms with Crippen molar-refractivity contribution >= 4 is 29.2 Å². The number of ketones is 3. The van der Waals surface area contributed by atoms with E-state index in [1.807, 2.05) is 51.2 Å². The number of methoxy groups -OCH3 is 4. The van der Waals surface area contributed by atoms with E-state index in [1.165, 1.54) is 19.1 Å². The minimum atomic E-state index is -2.43. The van der Waals surface area contributed by atoms with Crippen LogP contribution in [-0.4, -0.2) is 147 Å². The van der Waals surface area contributed by atoms with Crippen molar-refractivity contribution in [1.82, 2.24) is 4.90 Å². The maximum Gasteiger partial charge on any atom is 0.329 e. The van der Waals surface area contributed by atoms with Gasteiger partial charge in [0.2, 0.25) is 5.79 Å². The van der Waals surface area contributed by atoms with Crippen LogP contribution in [0.5, 0.6) is 0 Å². The molecule has 376 valence electrons. The molecular weight excluding hydrogens is 863 g/mol. The van der Waals surface area contributed by atoms with E-state index < -0.39 is 71.8 Å². The van der Waals surface area contributed by atoms with Gasteiger partial charge in [0.05, 0.1) is 37.6 Å². The van der Waals surface area contributed by atoms with E-state index in [9.17, 15) is 34.2 Å². The van der Waals surface area contributed by atoms with Crippen molar-refractivity contribution in [3.63, 3.8) is 0 Å². The van der Waals surface area contributed by atoms with Gasteiger partial charge >= 0.3 is 5.97 Å². The minimum absolute atomic E-state index is 0.00808. The van der Waals surface area contributed by atoms with Gasteiger partial charge in [-0.05, 0) is 101 Å². The highest BCUT2D eigenvalue weighted by atomic mass is 16.6. The number of carbonyl (C=O) groups is 5. The summed E-state index contributed by atoms with van der Waals surface area (Å²) in [6.45, 7) is 9.56. The van der Waals surface area contributed by atoms with E-state index in [0.717, 1.165) is 12.0 Å². The van der Waals surface area contributed by atoms with Gasteiger partial charge in [-0.3, -0.25) is 19.2 Å².